The standard InChI is InChI=1S/C22H31N3O2/c1-16(18-13-14-18)25(15-17-9-6-5-7-10-17)20(26)12-8-11-19-23-21(24-27-19)22(2,3)4/h5-7,9-10,16,18H,8,11-15H2,1-4H3. The molecule has 0 spiro atoms. The number of rotatable bonds is 8. The Labute approximate surface area is 162 Å². The summed E-state index contributed by atoms with van der Waals surface area (Å²) in [6.07, 6.45) is 4.35. The zero-order valence-corrected chi connectivity index (χ0v) is 16.9. The summed E-state index contributed by atoms with van der Waals surface area (Å²) in [4.78, 5) is 19.5. The minimum Gasteiger partial charge on any atom is -0.339 e. The van der Waals surface area contributed by atoms with Crippen LogP contribution in [0.5, 0.6) is 0 Å². The molecule has 27 heavy (non-hydrogen) atoms. The Morgan fingerprint density at radius 3 is 2.56 bits per heavy atom. The van der Waals surface area contributed by atoms with E-state index in [2.05, 4.69) is 54.9 Å². The fourth-order valence-electron chi connectivity index (χ4n) is 3.27. The third kappa shape index (κ3) is 5.41. The van der Waals surface area contributed by atoms with Gasteiger partial charge in [0.2, 0.25) is 11.8 Å². The molecule has 0 radical (unpaired) electrons. The molecule has 5 heteroatoms. The molecule has 0 aliphatic heterocycles. The first kappa shape index (κ1) is 19.6. The largest absolute Gasteiger partial charge is 0.339 e. The van der Waals surface area contributed by atoms with Crippen LogP contribution in [-0.2, 0) is 23.2 Å². The van der Waals surface area contributed by atoms with Gasteiger partial charge in [0.25, 0.3) is 0 Å². The second-order valence-electron chi connectivity index (χ2n) is 8.70. The highest BCUT2D eigenvalue weighted by Crippen LogP contribution is 2.36. The van der Waals surface area contributed by atoms with E-state index >= 15 is 0 Å². The van der Waals surface area contributed by atoms with Gasteiger partial charge in [-0.3, -0.25) is 4.79 Å². The van der Waals surface area contributed by atoms with Crippen molar-refractivity contribution in [2.45, 2.75) is 77.8 Å². The zero-order valence-electron chi connectivity index (χ0n) is 16.9. The number of aromatic nitrogens is 2. The van der Waals surface area contributed by atoms with Crippen LogP contribution in [0.3, 0.4) is 0 Å². The van der Waals surface area contributed by atoms with Gasteiger partial charge < -0.3 is 9.42 Å². The van der Waals surface area contributed by atoms with E-state index in [1.54, 1.807) is 0 Å². The van der Waals surface area contributed by atoms with Crippen LogP contribution in [0.4, 0.5) is 0 Å². The second-order valence-corrected chi connectivity index (χ2v) is 8.70. The molecule has 1 atom stereocenters. The number of carbonyl (C=O) groups is 1. The van der Waals surface area contributed by atoms with Gasteiger partial charge in [0.15, 0.2) is 5.82 Å². The van der Waals surface area contributed by atoms with Crippen molar-refractivity contribution in [3.63, 3.8) is 0 Å². The van der Waals surface area contributed by atoms with Crippen molar-refractivity contribution in [1.29, 1.82) is 0 Å². The SMILES string of the molecule is CC(C1CC1)N(Cc1ccccc1)C(=O)CCCc1nc(C(C)(C)C)no1. The summed E-state index contributed by atoms with van der Waals surface area (Å²) < 4.78 is 5.34. The van der Waals surface area contributed by atoms with Gasteiger partial charge in [-0.1, -0.05) is 56.3 Å². The van der Waals surface area contributed by atoms with Crippen LogP contribution in [0.1, 0.15) is 70.7 Å². The molecule has 1 fully saturated rings. The van der Waals surface area contributed by atoms with E-state index in [-0.39, 0.29) is 11.3 Å². The predicted octanol–water partition coefficient (Wildman–Crippen LogP) is 4.52. The molecule has 1 unspecified atom stereocenters. The van der Waals surface area contributed by atoms with Gasteiger partial charge in [-0.15, -0.1) is 0 Å². The molecule has 1 heterocycles. The quantitative estimate of drug-likeness (QED) is 0.686. The maximum Gasteiger partial charge on any atom is 0.226 e. The lowest BCUT2D eigenvalue weighted by Gasteiger charge is -2.30. The molecular weight excluding hydrogens is 338 g/mol. The first-order valence-electron chi connectivity index (χ1n) is 10.0. The summed E-state index contributed by atoms with van der Waals surface area (Å²) >= 11 is 0. The smallest absolute Gasteiger partial charge is 0.226 e. The van der Waals surface area contributed by atoms with E-state index < -0.39 is 0 Å². The predicted molar refractivity (Wildman–Crippen MR) is 105 cm³/mol. The summed E-state index contributed by atoms with van der Waals surface area (Å²) in [5.74, 6) is 2.21. The van der Waals surface area contributed by atoms with E-state index in [9.17, 15) is 4.79 Å². The molecule has 3 rings (SSSR count). The van der Waals surface area contributed by atoms with Crippen LogP contribution in [0.2, 0.25) is 0 Å². The van der Waals surface area contributed by atoms with E-state index in [4.69, 9.17) is 4.52 Å². The average Bonchev–Trinajstić information content (AvgIpc) is 3.37. The Morgan fingerprint density at radius 2 is 1.96 bits per heavy atom. The first-order chi connectivity index (χ1) is 12.8. The van der Waals surface area contributed by atoms with Gasteiger partial charge in [0.1, 0.15) is 0 Å². The van der Waals surface area contributed by atoms with E-state index in [1.165, 1.54) is 18.4 Å². The van der Waals surface area contributed by atoms with Crippen LogP contribution < -0.4 is 0 Å². The first-order valence-corrected chi connectivity index (χ1v) is 10.0. The third-order valence-corrected chi connectivity index (χ3v) is 5.23. The van der Waals surface area contributed by atoms with Crippen molar-refractivity contribution in [3.05, 3.63) is 47.6 Å². The average molecular weight is 370 g/mol. The van der Waals surface area contributed by atoms with Crippen molar-refractivity contribution < 1.29 is 9.32 Å². The fraction of sp³-hybridized carbons (Fsp3) is 0.591. The topological polar surface area (TPSA) is 59.2 Å². The molecule has 1 amide bonds. The minimum absolute atomic E-state index is 0.121. The van der Waals surface area contributed by atoms with Crippen molar-refractivity contribution in [2.24, 2.45) is 5.92 Å². The molecule has 0 saturated heterocycles. The Kier molecular flexibility index (Phi) is 5.98. The molecule has 1 saturated carbocycles. The molecule has 1 aromatic heterocycles. The van der Waals surface area contributed by atoms with Gasteiger partial charge >= 0.3 is 0 Å². The van der Waals surface area contributed by atoms with Crippen LogP contribution in [-0.4, -0.2) is 27.0 Å². The number of hydrogen-bond acceptors (Lipinski definition) is 4. The van der Waals surface area contributed by atoms with Crippen LogP contribution >= 0.6 is 0 Å². The van der Waals surface area contributed by atoms with Crippen LogP contribution in [0.25, 0.3) is 0 Å². The maximum absolute atomic E-state index is 12.9. The Morgan fingerprint density at radius 1 is 1.26 bits per heavy atom. The summed E-state index contributed by atoms with van der Waals surface area (Å²) in [7, 11) is 0. The molecule has 1 aliphatic carbocycles. The number of hydrogen-bond donors (Lipinski definition) is 0. The number of carbonyl (C=O) groups excluding carboxylic acids is 1. The Hall–Kier alpha value is -2.17. The Bertz CT molecular complexity index is 744. The van der Waals surface area contributed by atoms with E-state index in [0.29, 0.717) is 37.2 Å². The number of aryl methyl sites for hydroxylation is 1. The normalized spacial score (nSPS) is 15.6. The highest BCUT2D eigenvalue weighted by Gasteiger charge is 2.34. The van der Waals surface area contributed by atoms with Gasteiger partial charge in [-0.05, 0) is 37.7 Å². The molecule has 0 bridgehead atoms. The highest BCUT2D eigenvalue weighted by molar-refractivity contribution is 5.76. The lowest BCUT2D eigenvalue weighted by atomic mass is 9.96. The van der Waals surface area contributed by atoms with Crippen molar-refractivity contribution in [1.82, 2.24) is 15.0 Å². The van der Waals surface area contributed by atoms with Crippen molar-refractivity contribution in [3.8, 4) is 0 Å². The van der Waals surface area contributed by atoms with Crippen LogP contribution in [0.15, 0.2) is 34.9 Å². The monoisotopic (exact) mass is 369 g/mol. The molecule has 0 N–H and O–H groups in total. The fourth-order valence-corrected chi connectivity index (χ4v) is 3.27. The Balaban J connectivity index is 1.56. The minimum atomic E-state index is -0.121. The lowest BCUT2D eigenvalue weighted by Crippen LogP contribution is -2.39. The van der Waals surface area contributed by atoms with Gasteiger partial charge in [0, 0.05) is 30.8 Å². The molecule has 146 valence electrons. The zero-order chi connectivity index (χ0) is 19.4. The van der Waals surface area contributed by atoms with Gasteiger partial charge in [-0.2, -0.15) is 4.98 Å². The van der Waals surface area contributed by atoms with Crippen LogP contribution in [0, 0.1) is 5.92 Å². The molecule has 5 nitrogen and oxygen atoms in total. The van der Waals surface area contributed by atoms with Gasteiger partial charge in [-0.25, -0.2) is 0 Å². The van der Waals surface area contributed by atoms with Crippen molar-refractivity contribution >= 4 is 5.91 Å². The second kappa shape index (κ2) is 8.24. The molecular formula is C22H31N3O2. The molecule has 1 aliphatic rings. The molecule has 2 aromatic rings. The maximum atomic E-state index is 12.9. The number of benzene rings is 1. The summed E-state index contributed by atoms with van der Waals surface area (Å²) in [5, 5.41) is 4.05. The van der Waals surface area contributed by atoms with E-state index in [1.807, 2.05) is 18.2 Å². The van der Waals surface area contributed by atoms with Gasteiger partial charge in [0.05, 0.1) is 0 Å². The third-order valence-electron chi connectivity index (χ3n) is 5.23. The number of nitrogens with zero attached hydrogens (tertiary/aromatic N) is 3. The van der Waals surface area contributed by atoms with E-state index in [0.717, 1.165) is 12.2 Å². The molecule has 1 aromatic carbocycles. The van der Waals surface area contributed by atoms with Crippen molar-refractivity contribution in [2.75, 3.05) is 0 Å². The summed E-state index contributed by atoms with van der Waals surface area (Å²) in [6, 6.07) is 10.5. The lowest BCUT2D eigenvalue weighted by molar-refractivity contribution is -0.134. The summed E-state index contributed by atoms with van der Waals surface area (Å²) in [5.41, 5.74) is 1.06. The summed E-state index contributed by atoms with van der Waals surface area (Å²) in [6.45, 7) is 9.06. The number of amides is 1. The highest BCUT2D eigenvalue weighted by atomic mass is 16.5.